The number of pyridine rings is 1. The molecule has 1 aromatic heterocycles. The Balaban J connectivity index is 3.18. The van der Waals surface area contributed by atoms with Crippen molar-refractivity contribution < 1.29 is 31.5 Å². The molecule has 0 aromatic carbocycles. The van der Waals surface area contributed by atoms with E-state index in [9.17, 15) is 26.7 Å². The number of halogens is 5. The quantitative estimate of drug-likeness (QED) is 0.625. The number of ether oxygens (including phenoxy) is 1. The molecule has 0 atom stereocenters. The predicted molar refractivity (Wildman–Crippen MR) is 49.9 cm³/mol. The van der Waals surface area contributed by atoms with Crippen LogP contribution in [-0.4, -0.2) is 18.1 Å². The minimum absolute atomic E-state index is 0.223. The van der Waals surface area contributed by atoms with Crippen LogP contribution >= 0.6 is 0 Å². The van der Waals surface area contributed by atoms with E-state index in [2.05, 4.69) is 9.72 Å². The normalized spacial score (nSPS) is 11.7. The molecule has 0 saturated heterocycles. The van der Waals surface area contributed by atoms with E-state index in [0.717, 1.165) is 13.2 Å². The number of esters is 1. The molecule has 3 nitrogen and oxygen atoms in total. The second kappa shape index (κ2) is 5.28. The van der Waals surface area contributed by atoms with Crippen molar-refractivity contribution in [2.45, 2.75) is 19.0 Å². The van der Waals surface area contributed by atoms with E-state index in [0.29, 0.717) is 6.07 Å². The molecular formula is C10H8F5NO2. The number of hydrogen-bond acceptors (Lipinski definition) is 3. The summed E-state index contributed by atoms with van der Waals surface area (Å²) in [7, 11) is 1.04. The van der Waals surface area contributed by atoms with Crippen LogP contribution in [0.3, 0.4) is 0 Å². The molecule has 0 spiro atoms. The first-order valence-corrected chi connectivity index (χ1v) is 4.67. The number of aromatic nitrogens is 1. The lowest BCUT2D eigenvalue weighted by Gasteiger charge is -2.10. The van der Waals surface area contributed by atoms with Gasteiger partial charge in [-0.1, -0.05) is 0 Å². The number of nitrogens with zero attached hydrogens (tertiary/aromatic N) is 1. The summed E-state index contributed by atoms with van der Waals surface area (Å²) in [4.78, 5) is 13.7. The van der Waals surface area contributed by atoms with Crippen LogP contribution in [0.5, 0.6) is 0 Å². The Morgan fingerprint density at radius 2 is 2.00 bits per heavy atom. The Hall–Kier alpha value is -1.73. The van der Waals surface area contributed by atoms with E-state index < -0.39 is 36.4 Å². The van der Waals surface area contributed by atoms with Gasteiger partial charge in [0.1, 0.15) is 11.4 Å². The number of methoxy groups -OCH3 is 1. The van der Waals surface area contributed by atoms with Crippen molar-refractivity contribution >= 4 is 5.97 Å². The van der Waals surface area contributed by atoms with E-state index in [1.54, 1.807) is 0 Å². The molecule has 0 aliphatic carbocycles. The van der Waals surface area contributed by atoms with Gasteiger partial charge in [0.15, 0.2) is 0 Å². The van der Waals surface area contributed by atoms with Gasteiger partial charge in [0.05, 0.1) is 13.5 Å². The highest BCUT2D eigenvalue weighted by Crippen LogP contribution is 2.30. The third-order valence-corrected chi connectivity index (χ3v) is 2.00. The fourth-order valence-electron chi connectivity index (χ4n) is 1.21. The van der Waals surface area contributed by atoms with Crippen LogP contribution in [0.25, 0.3) is 0 Å². The van der Waals surface area contributed by atoms with Crippen molar-refractivity contribution in [3.05, 3.63) is 29.1 Å². The van der Waals surface area contributed by atoms with E-state index in [4.69, 9.17) is 0 Å². The smallest absolute Gasteiger partial charge is 0.433 e. The zero-order valence-electron chi connectivity index (χ0n) is 9.09. The minimum atomic E-state index is -4.85. The van der Waals surface area contributed by atoms with Gasteiger partial charge >= 0.3 is 12.1 Å². The molecule has 0 fully saturated rings. The van der Waals surface area contributed by atoms with E-state index in [1.807, 2.05) is 0 Å². The number of carbonyl (C=O) groups excluding carboxylic acids is 1. The molecule has 0 aliphatic heterocycles. The van der Waals surface area contributed by atoms with E-state index in [1.165, 1.54) is 0 Å². The molecule has 0 radical (unpaired) electrons. The highest BCUT2D eigenvalue weighted by Gasteiger charge is 2.34. The Labute approximate surface area is 98.6 Å². The third kappa shape index (κ3) is 3.64. The summed E-state index contributed by atoms with van der Waals surface area (Å²) in [5.41, 5.74) is -2.71. The lowest BCUT2D eigenvalue weighted by Crippen LogP contribution is -2.13. The fourth-order valence-corrected chi connectivity index (χ4v) is 1.21. The summed E-state index contributed by atoms with van der Waals surface area (Å²) in [5.74, 6) is -0.824. The molecule has 0 amide bonds. The largest absolute Gasteiger partial charge is 0.469 e. The van der Waals surface area contributed by atoms with Gasteiger partial charge in [-0.05, 0) is 17.7 Å². The van der Waals surface area contributed by atoms with Gasteiger partial charge in [0.2, 0.25) is 0 Å². The summed E-state index contributed by atoms with van der Waals surface area (Å²) < 4.78 is 66.3. The Kier molecular flexibility index (Phi) is 4.20. The van der Waals surface area contributed by atoms with Crippen molar-refractivity contribution in [2.75, 3.05) is 7.11 Å². The summed E-state index contributed by atoms with van der Waals surface area (Å²) in [5, 5.41) is 0. The first kappa shape index (κ1) is 14.3. The highest BCUT2D eigenvalue weighted by molar-refractivity contribution is 5.72. The fraction of sp³-hybridized carbons (Fsp3) is 0.400. The van der Waals surface area contributed by atoms with Crippen LogP contribution in [-0.2, 0) is 22.1 Å². The molecule has 0 unspecified atom stereocenters. The second-order valence-corrected chi connectivity index (χ2v) is 3.34. The minimum Gasteiger partial charge on any atom is -0.469 e. The van der Waals surface area contributed by atoms with Crippen LogP contribution in [0.15, 0.2) is 12.1 Å². The maximum atomic E-state index is 12.4. The second-order valence-electron chi connectivity index (χ2n) is 3.34. The van der Waals surface area contributed by atoms with Gasteiger partial charge in [-0.3, -0.25) is 4.79 Å². The zero-order chi connectivity index (χ0) is 13.9. The topological polar surface area (TPSA) is 39.2 Å². The Morgan fingerprint density at radius 1 is 1.39 bits per heavy atom. The molecule has 0 aliphatic rings. The predicted octanol–water partition coefficient (Wildman–Crippen LogP) is 2.75. The van der Waals surface area contributed by atoms with E-state index >= 15 is 0 Å². The highest BCUT2D eigenvalue weighted by atomic mass is 19.4. The molecule has 0 bridgehead atoms. The van der Waals surface area contributed by atoms with Crippen molar-refractivity contribution in [1.29, 1.82) is 0 Å². The summed E-state index contributed by atoms with van der Waals surface area (Å²) in [6.07, 6.45) is -8.53. The van der Waals surface area contributed by atoms with E-state index in [-0.39, 0.29) is 5.56 Å². The standard InChI is InChI=1S/C10H8F5NO2/c1-18-8(17)4-5-2-6(9(11)12)16-7(3-5)10(13,14)15/h2-3,9H,4H2,1H3. The SMILES string of the molecule is COC(=O)Cc1cc(C(F)F)nc(C(F)(F)F)c1. The number of alkyl halides is 5. The Morgan fingerprint density at radius 3 is 2.44 bits per heavy atom. The average molecular weight is 269 g/mol. The maximum Gasteiger partial charge on any atom is 0.433 e. The van der Waals surface area contributed by atoms with Crippen molar-refractivity contribution in [1.82, 2.24) is 4.98 Å². The molecule has 1 rings (SSSR count). The Bertz CT molecular complexity index is 444. The molecule has 0 saturated carbocycles. The van der Waals surface area contributed by atoms with Crippen molar-refractivity contribution in [2.24, 2.45) is 0 Å². The maximum absolute atomic E-state index is 12.4. The first-order chi connectivity index (χ1) is 8.24. The van der Waals surface area contributed by atoms with Gasteiger partial charge in [-0.15, -0.1) is 0 Å². The van der Waals surface area contributed by atoms with Gasteiger partial charge in [0, 0.05) is 0 Å². The molecule has 1 aromatic rings. The zero-order valence-corrected chi connectivity index (χ0v) is 9.09. The van der Waals surface area contributed by atoms with Crippen LogP contribution in [0.2, 0.25) is 0 Å². The average Bonchev–Trinajstić information content (AvgIpc) is 2.27. The lowest BCUT2D eigenvalue weighted by atomic mass is 10.1. The molecule has 1 heterocycles. The molecule has 0 N–H and O–H groups in total. The molecular weight excluding hydrogens is 261 g/mol. The number of rotatable bonds is 3. The van der Waals surface area contributed by atoms with Gasteiger partial charge in [-0.25, -0.2) is 13.8 Å². The summed E-state index contributed by atoms with van der Waals surface area (Å²) >= 11 is 0. The number of carbonyl (C=O) groups is 1. The molecule has 100 valence electrons. The van der Waals surface area contributed by atoms with Crippen molar-refractivity contribution in [3.63, 3.8) is 0 Å². The van der Waals surface area contributed by atoms with Crippen molar-refractivity contribution in [3.8, 4) is 0 Å². The van der Waals surface area contributed by atoms with Gasteiger partial charge in [0.25, 0.3) is 6.43 Å². The van der Waals surface area contributed by atoms with Gasteiger partial charge in [-0.2, -0.15) is 13.2 Å². The van der Waals surface area contributed by atoms with Crippen LogP contribution in [0.4, 0.5) is 22.0 Å². The third-order valence-electron chi connectivity index (χ3n) is 2.00. The monoisotopic (exact) mass is 269 g/mol. The lowest BCUT2D eigenvalue weighted by molar-refractivity contribution is -0.142. The van der Waals surface area contributed by atoms with Crippen LogP contribution < -0.4 is 0 Å². The molecule has 18 heavy (non-hydrogen) atoms. The number of hydrogen-bond donors (Lipinski definition) is 0. The summed E-state index contributed by atoms with van der Waals surface area (Å²) in [6.45, 7) is 0. The van der Waals surface area contributed by atoms with Crippen LogP contribution in [0.1, 0.15) is 23.4 Å². The summed E-state index contributed by atoms with van der Waals surface area (Å²) in [6, 6.07) is 1.29. The first-order valence-electron chi connectivity index (χ1n) is 4.67. The van der Waals surface area contributed by atoms with Gasteiger partial charge < -0.3 is 4.74 Å². The van der Waals surface area contributed by atoms with Crippen LogP contribution in [0, 0.1) is 0 Å². The molecule has 8 heteroatoms.